The van der Waals surface area contributed by atoms with Crippen molar-refractivity contribution in [3.8, 4) is 11.8 Å². The number of nitrogens with zero attached hydrogens (tertiary/aromatic N) is 5. The van der Waals surface area contributed by atoms with Crippen LogP contribution in [0.15, 0.2) is 73.4 Å². The summed E-state index contributed by atoms with van der Waals surface area (Å²) in [6, 6.07) is 17.1. The molecule has 180 valence electrons. The second-order valence-electron chi connectivity index (χ2n) is 7.57. The molecule has 0 aliphatic carbocycles. The van der Waals surface area contributed by atoms with Crippen molar-refractivity contribution in [3.63, 3.8) is 0 Å². The van der Waals surface area contributed by atoms with Crippen molar-refractivity contribution >= 4 is 54.7 Å². The second-order valence-corrected chi connectivity index (χ2v) is 9.34. The fourth-order valence-electron chi connectivity index (χ4n) is 3.52. The summed E-state index contributed by atoms with van der Waals surface area (Å²) in [4.78, 5) is 28.8. The quantitative estimate of drug-likeness (QED) is 0.150. The Morgan fingerprint density at radius 2 is 2.00 bits per heavy atom. The molecule has 0 N–H and O–H groups in total. The third-order valence-corrected chi connectivity index (χ3v) is 6.35. The Morgan fingerprint density at radius 1 is 1.22 bits per heavy atom. The van der Waals surface area contributed by atoms with Crippen molar-refractivity contribution < 1.29 is 9.66 Å². The number of hydrogen-bond donors (Lipinski definition) is 0. The standard InChI is InChI=1S/C25H17Br2N5O4/c1-2-23-30-21-8-7-18(26)11-19(21)25(33)31(23)29-13-15-9-20(27)24(22(10-15)32(34)35)36-14-17-6-4-3-5-16(17)12-28/h3-11,13H,2,14H2,1H3. The lowest BCUT2D eigenvalue weighted by Crippen LogP contribution is -2.22. The zero-order chi connectivity index (χ0) is 25.8. The van der Waals surface area contributed by atoms with E-state index in [9.17, 15) is 20.2 Å². The summed E-state index contributed by atoms with van der Waals surface area (Å²) in [5, 5.41) is 25.8. The predicted octanol–water partition coefficient (Wildman–Crippen LogP) is 5.72. The van der Waals surface area contributed by atoms with Crippen molar-refractivity contribution in [2.45, 2.75) is 20.0 Å². The van der Waals surface area contributed by atoms with Gasteiger partial charge in [-0.1, -0.05) is 41.1 Å². The maximum atomic E-state index is 13.1. The summed E-state index contributed by atoms with van der Waals surface area (Å²) in [7, 11) is 0. The fourth-order valence-corrected chi connectivity index (χ4v) is 4.47. The van der Waals surface area contributed by atoms with Gasteiger partial charge in [0.2, 0.25) is 5.75 Å². The van der Waals surface area contributed by atoms with Crippen molar-refractivity contribution in [1.29, 1.82) is 5.26 Å². The Bertz CT molecular complexity index is 1630. The highest BCUT2D eigenvalue weighted by molar-refractivity contribution is 9.10. The minimum atomic E-state index is -0.563. The number of hydrogen-bond acceptors (Lipinski definition) is 7. The third kappa shape index (κ3) is 5.19. The van der Waals surface area contributed by atoms with Crippen LogP contribution in [-0.4, -0.2) is 20.8 Å². The molecule has 0 aliphatic heterocycles. The number of fused-ring (bicyclic) bond motifs is 1. The topological polar surface area (TPSA) is 123 Å². The van der Waals surface area contributed by atoms with E-state index in [0.29, 0.717) is 44.3 Å². The van der Waals surface area contributed by atoms with E-state index in [1.165, 1.54) is 17.0 Å². The fraction of sp³-hybridized carbons (Fsp3) is 0.120. The average Bonchev–Trinajstić information content (AvgIpc) is 2.87. The molecule has 0 unspecified atom stereocenters. The van der Waals surface area contributed by atoms with Crippen LogP contribution in [0.1, 0.15) is 29.4 Å². The first-order chi connectivity index (χ1) is 17.3. The number of rotatable bonds is 7. The molecule has 0 radical (unpaired) electrons. The Kier molecular flexibility index (Phi) is 7.57. The highest BCUT2D eigenvalue weighted by atomic mass is 79.9. The zero-order valence-electron chi connectivity index (χ0n) is 18.8. The Hall–Kier alpha value is -3.88. The lowest BCUT2D eigenvalue weighted by Gasteiger charge is -2.11. The van der Waals surface area contributed by atoms with Crippen LogP contribution in [0, 0.1) is 21.4 Å². The number of benzene rings is 3. The van der Waals surface area contributed by atoms with Crippen molar-refractivity contribution in [2.24, 2.45) is 5.10 Å². The molecule has 0 saturated carbocycles. The maximum Gasteiger partial charge on any atom is 0.312 e. The Morgan fingerprint density at radius 3 is 2.72 bits per heavy atom. The summed E-state index contributed by atoms with van der Waals surface area (Å²) in [5.74, 6) is 0.476. The highest BCUT2D eigenvalue weighted by Crippen LogP contribution is 2.36. The zero-order valence-corrected chi connectivity index (χ0v) is 22.0. The summed E-state index contributed by atoms with van der Waals surface area (Å²) in [6.45, 7) is 1.83. The van der Waals surface area contributed by atoms with Crippen molar-refractivity contribution in [2.75, 3.05) is 0 Å². The van der Waals surface area contributed by atoms with Crippen molar-refractivity contribution in [1.82, 2.24) is 9.66 Å². The van der Waals surface area contributed by atoms with Crippen LogP contribution in [0.2, 0.25) is 0 Å². The molecule has 4 aromatic rings. The van der Waals surface area contributed by atoms with E-state index in [1.807, 2.05) is 6.92 Å². The molecule has 4 rings (SSSR count). The lowest BCUT2D eigenvalue weighted by molar-refractivity contribution is -0.386. The van der Waals surface area contributed by atoms with Crippen LogP contribution in [0.3, 0.4) is 0 Å². The average molecular weight is 611 g/mol. The molecular weight excluding hydrogens is 594 g/mol. The number of halogens is 2. The van der Waals surface area contributed by atoms with Gasteiger partial charge in [-0.25, -0.2) is 4.98 Å². The monoisotopic (exact) mass is 609 g/mol. The largest absolute Gasteiger partial charge is 0.481 e. The number of nitro benzene ring substituents is 1. The molecule has 0 atom stereocenters. The molecule has 36 heavy (non-hydrogen) atoms. The molecule has 0 fully saturated rings. The summed E-state index contributed by atoms with van der Waals surface area (Å²) >= 11 is 6.71. The number of aromatic nitrogens is 2. The van der Waals surface area contributed by atoms with Gasteiger partial charge in [-0.05, 0) is 46.3 Å². The van der Waals surface area contributed by atoms with Gasteiger partial charge in [0, 0.05) is 28.1 Å². The van der Waals surface area contributed by atoms with Gasteiger partial charge in [0.1, 0.15) is 12.4 Å². The lowest BCUT2D eigenvalue weighted by atomic mass is 10.1. The van der Waals surface area contributed by atoms with E-state index < -0.39 is 4.92 Å². The molecule has 0 aliphatic rings. The molecular formula is C25H17Br2N5O4. The van der Waals surface area contributed by atoms with Gasteiger partial charge in [0.05, 0.1) is 38.1 Å². The number of nitro groups is 1. The smallest absolute Gasteiger partial charge is 0.312 e. The van der Waals surface area contributed by atoms with Gasteiger partial charge in [0.15, 0.2) is 0 Å². The number of ether oxygens (including phenoxy) is 1. The predicted molar refractivity (Wildman–Crippen MR) is 142 cm³/mol. The van der Waals surface area contributed by atoms with E-state index in [0.717, 1.165) is 4.47 Å². The van der Waals surface area contributed by atoms with Crippen LogP contribution in [0.4, 0.5) is 5.69 Å². The van der Waals surface area contributed by atoms with Gasteiger partial charge in [-0.15, -0.1) is 0 Å². The first-order valence-corrected chi connectivity index (χ1v) is 12.2. The SMILES string of the molecule is CCc1nc2ccc(Br)cc2c(=O)n1N=Cc1cc(Br)c(OCc2ccccc2C#N)c([N+](=O)[O-])c1. The Labute approximate surface area is 222 Å². The molecule has 0 bridgehead atoms. The van der Waals surface area contributed by atoms with E-state index in [2.05, 4.69) is 48.0 Å². The summed E-state index contributed by atoms with van der Waals surface area (Å²) in [6.07, 6.45) is 1.82. The first kappa shape index (κ1) is 25.2. The van der Waals surface area contributed by atoms with Crippen LogP contribution >= 0.6 is 31.9 Å². The van der Waals surface area contributed by atoms with E-state index in [-0.39, 0.29) is 23.6 Å². The van der Waals surface area contributed by atoms with Gasteiger partial charge >= 0.3 is 5.69 Å². The molecule has 11 heteroatoms. The van der Waals surface area contributed by atoms with Gasteiger partial charge < -0.3 is 4.74 Å². The minimum Gasteiger partial charge on any atom is -0.481 e. The Balaban J connectivity index is 1.71. The second kappa shape index (κ2) is 10.8. The highest BCUT2D eigenvalue weighted by Gasteiger charge is 2.21. The number of aryl methyl sites for hydroxylation is 1. The van der Waals surface area contributed by atoms with Crippen LogP contribution in [0.25, 0.3) is 10.9 Å². The first-order valence-electron chi connectivity index (χ1n) is 10.7. The summed E-state index contributed by atoms with van der Waals surface area (Å²) in [5.41, 5.74) is 1.33. The summed E-state index contributed by atoms with van der Waals surface area (Å²) < 4.78 is 8.00. The maximum absolute atomic E-state index is 13.1. The molecule has 1 heterocycles. The van der Waals surface area contributed by atoms with E-state index in [4.69, 9.17) is 4.74 Å². The molecule has 3 aromatic carbocycles. The molecule has 1 aromatic heterocycles. The molecule has 0 spiro atoms. The van der Waals surface area contributed by atoms with E-state index >= 15 is 0 Å². The van der Waals surface area contributed by atoms with Crippen LogP contribution in [0.5, 0.6) is 5.75 Å². The van der Waals surface area contributed by atoms with Crippen LogP contribution < -0.4 is 10.3 Å². The van der Waals surface area contributed by atoms with Crippen molar-refractivity contribution in [3.05, 3.63) is 107 Å². The molecule has 9 nitrogen and oxygen atoms in total. The van der Waals surface area contributed by atoms with Gasteiger partial charge in [-0.3, -0.25) is 14.9 Å². The molecule has 0 amide bonds. The number of nitriles is 1. The normalized spacial score (nSPS) is 11.1. The van der Waals surface area contributed by atoms with Gasteiger partial charge in [-0.2, -0.15) is 15.0 Å². The third-order valence-electron chi connectivity index (χ3n) is 5.27. The van der Waals surface area contributed by atoms with Gasteiger partial charge in [0.25, 0.3) is 5.56 Å². The van der Waals surface area contributed by atoms with Crippen LogP contribution in [-0.2, 0) is 13.0 Å². The molecule has 0 saturated heterocycles. The van der Waals surface area contributed by atoms with E-state index in [1.54, 1.807) is 48.5 Å². The minimum absolute atomic E-state index is 0.0218.